The van der Waals surface area contributed by atoms with Crippen molar-refractivity contribution < 1.29 is 13.2 Å². The zero-order chi connectivity index (χ0) is 25.0. The quantitative estimate of drug-likeness (QED) is 0.470. The van der Waals surface area contributed by atoms with Gasteiger partial charge in [-0.15, -0.1) is 10.2 Å². The minimum absolute atomic E-state index is 0.332. The number of fused-ring (bicyclic) bond motifs is 1. The first-order chi connectivity index (χ1) is 16.8. The van der Waals surface area contributed by atoms with E-state index < -0.39 is 11.7 Å². The van der Waals surface area contributed by atoms with Crippen molar-refractivity contribution in [2.75, 3.05) is 32.1 Å². The Labute approximate surface area is 203 Å². The van der Waals surface area contributed by atoms with Gasteiger partial charge < -0.3 is 10.3 Å². The predicted octanol–water partition coefficient (Wildman–Crippen LogP) is 5.21. The second-order valence-electron chi connectivity index (χ2n) is 8.82. The van der Waals surface area contributed by atoms with Gasteiger partial charge in [-0.2, -0.15) is 13.2 Å². The number of piperidine rings is 1. The van der Waals surface area contributed by atoms with Gasteiger partial charge in [-0.1, -0.05) is 36.4 Å². The molecular weight excluding hydrogens is 453 g/mol. The van der Waals surface area contributed by atoms with Crippen LogP contribution in [0.5, 0.6) is 0 Å². The zero-order valence-corrected chi connectivity index (χ0v) is 19.9. The maximum Gasteiger partial charge on any atom is 0.416 e. The van der Waals surface area contributed by atoms with E-state index in [1.165, 1.54) is 6.21 Å². The van der Waals surface area contributed by atoms with E-state index >= 15 is 0 Å². The molecule has 2 heterocycles. The second kappa shape index (κ2) is 10.5. The molecular formula is C26H29F3N6. The van der Waals surface area contributed by atoms with Crippen molar-refractivity contribution in [2.24, 2.45) is 4.99 Å². The van der Waals surface area contributed by atoms with Crippen LogP contribution in [0.25, 0.3) is 10.8 Å². The fourth-order valence-corrected chi connectivity index (χ4v) is 4.66. The number of anilines is 1. The first-order valence-corrected chi connectivity index (χ1v) is 11.6. The Morgan fingerprint density at radius 2 is 1.74 bits per heavy atom. The predicted molar refractivity (Wildman–Crippen MR) is 134 cm³/mol. The average Bonchev–Trinajstić information content (AvgIpc) is 2.86. The first-order valence-electron chi connectivity index (χ1n) is 11.6. The third-order valence-electron chi connectivity index (χ3n) is 6.61. The van der Waals surface area contributed by atoms with Gasteiger partial charge in [-0.25, -0.2) is 0 Å². The van der Waals surface area contributed by atoms with E-state index in [1.54, 1.807) is 19.2 Å². The Balaban J connectivity index is 1.45. The van der Waals surface area contributed by atoms with Gasteiger partial charge in [-0.05, 0) is 37.6 Å². The van der Waals surface area contributed by atoms with E-state index in [1.807, 2.05) is 31.3 Å². The maximum absolute atomic E-state index is 12.8. The Morgan fingerprint density at radius 3 is 2.34 bits per heavy atom. The summed E-state index contributed by atoms with van der Waals surface area (Å²) in [5.41, 5.74) is 1.70. The molecule has 9 heteroatoms. The lowest BCUT2D eigenvalue weighted by Gasteiger charge is -2.37. The van der Waals surface area contributed by atoms with Crippen LogP contribution < -0.4 is 4.90 Å². The van der Waals surface area contributed by atoms with Gasteiger partial charge in [0, 0.05) is 56.1 Å². The first kappa shape index (κ1) is 24.8. The lowest BCUT2D eigenvalue weighted by Crippen LogP contribution is -2.43. The number of rotatable bonds is 7. The van der Waals surface area contributed by atoms with Crippen LogP contribution in [-0.2, 0) is 12.7 Å². The number of halogens is 3. The molecule has 0 radical (unpaired) electrons. The normalized spacial score (nSPS) is 15.7. The molecule has 0 aliphatic carbocycles. The fraction of sp³-hybridized carbons (Fsp3) is 0.385. The van der Waals surface area contributed by atoms with E-state index in [4.69, 9.17) is 5.41 Å². The number of hydrogen-bond donors (Lipinski definition) is 1. The largest absolute Gasteiger partial charge is 0.416 e. The highest BCUT2D eigenvalue weighted by Gasteiger charge is 2.30. The second-order valence-corrected chi connectivity index (χ2v) is 8.82. The third-order valence-corrected chi connectivity index (χ3v) is 6.61. The number of aliphatic imine (C=N–C) groups is 1. The summed E-state index contributed by atoms with van der Waals surface area (Å²) in [6.07, 6.45) is -0.744. The molecule has 0 spiro atoms. The molecule has 184 valence electrons. The molecule has 1 aliphatic rings. The van der Waals surface area contributed by atoms with Crippen molar-refractivity contribution in [3.63, 3.8) is 0 Å². The van der Waals surface area contributed by atoms with Crippen molar-refractivity contribution in [3.05, 3.63) is 65.4 Å². The van der Waals surface area contributed by atoms with Gasteiger partial charge in [0.05, 0.1) is 11.3 Å². The van der Waals surface area contributed by atoms with Crippen molar-refractivity contribution >= 4 is 28.5 Å². The van der Waals surface area contributed by atoms with Crippen LogP contribution in [0.15, 0.2) is 53.5 Å². The summed E-state index contributed by atoms with van der Waals surface area (Å²) in [6.45, 7) is 2.23. The Bertz CT molecular complexity index is 1200. The molecule has 1 fully saturated rings. The van der Waals surface area contributed by atoms with Gasteiger partial charge in [0.2, 0.25) is 0 Å². The molecule has 4 rings (SSSR count). The van der Waals surface area contributed by atoms with Crippen LogP contribution in [0, 0.1) is 5.41 Å². The summed E-state index contributed by atoms with van der Waals surface area (Å²) in [6, 6.07) is 13.8. The topological polar surface area (TPSA) is 68.5 Å². The van der Waals surface area contributed by atoms with Gasteiger partial charge in [0.15, 0.2) is 5.82 Å². The summed E-state index contributed by atoms with van der Waals surface area (Å²) < 4.78 is 38.5. The highest BCUT2D eigenvalue weighted by atomic mass is 19.4. The molecule has 1 N–H and O–H groups in total. The molecule has 35 heavy (non-hydrogen) atoms. The lowest BCUT2D eigenvalue weighted by molar-refractivity contribution is -0.137. The van der Waals surface area contributed by atoms with Crippen LogP contribution in [0.1, 0.15) is 36.1 Å². The standard InChI is InChI=1S/C26H29F3N6/c1-31-23(11-14-30)24-21-5-3-4-6-22(21)25(33-32-24)35-15-12-20(13-16-35)34(2)17-18-7-9-19(10-8-18)26(27,28)29/h3-10,14,20,30H,11-13,15-17H2,1-2H3. The molecule has 3 aromatic rings. The summed E-state index contributed by atoms with van der Waals surface area (Å²) in [7, 11) is 3.73. The molecule has 0 unspecified atom stereocenters. The van der Waals surface area contributed by atoms with Gasteiger partial charge >= 0.3 is 6.18 Å². The van der Waals surface area contributed by atoms with E-state index in [9.17, 15) is 13.2 Å². The van der Waals surface area contributed by atoms with Crippen molar-refractivity contribution in [1.82, 2.24) is 15.1 Å². The molecule has 0 saturated carbocycles. The van der Waals surface area contributed by atoms with E-state index in [2.05, 4.69) is 25.0 Å². The van der Waals surface area contributed by atoms with Gasteiger partial charge in [0.1, 0.15) is 5.69 Å². The Hall–Kier alpha value is -3.33. The van der Waals surface area contributed by atoms with Crippen LogP contribution in [-0.4, -0.2) is 60.3 Å². The number of benzene rings is 2. The van der Waals surface area contributed by atoms with Crippen molar-refractivity contribution in [2.45, 2.75) is 38.0 Å². The average molecular weight is 483 g/mol. The molecule has 0 atom stereocenters. The summed E-state index contributed by atoms with van der Waals surface area (Å²) in [4.78, 5) is 8.78. The number of aromatic nitrogens is 2. The number of nitrogens with one attached hydrogen (secondary N) is 1. The number of hydrogen-bond acceptors (Lipinski definition) is 6. The molecule has 0 bridgehead atoms. The van der Waals surface area contributed by atoms with Crippen LogP contribution in [0.3, 0.4) is 0 Å². The minimum atomic E-state index is -4.31. The molecule has 1 aromatic heterocycles. The highest BCUT2D eigenvalue weighted by molar-refractivity contribution is 6.14. The minimum Gasteiger partial charge on any atom is -0.354 e. The third kappa shape index (κ3) is 5.51. The van der Waals surface area contributed by atoms with Crippen molar-refractivity contribution in [1.29, 1.82) is 5.41 Å². The maximum atomic E-state index is 12.8. The zero-order valence-electron chi connectivity index (χ0n) is 19.9. The highest BCUT2D eigenvalue weighted by Crippen LogP contribution is 2.31. The molecule has 6 nitrogen and oxygen atoms in total. The monoisotopic (exact) mass is 482 g/mol. The summed E-state index contributed by atoms with van der Waals surface area (Å²) in [5.74, 6) is 0.846. The SMILES string of the molecule is CN=C(CC=N)c1nnc(N2CCC(N(C)Cc3ccc(C(F)(F)F)cc3)CC2)c2ccccc12. The van der Waals surface area contributed by atoms with Crippen molar-refractivity contribution in [3.8, 4) is 0 Å². The Morgan fingerprint density at radius 1 is 1.09 bits per heavy atom. The number of nitrogens with zero attached hydrogens (tertiary/aromatic N) is 5. The van der Waals surface area contributed by atoms with Crippen LogP contribution in [0.2, 0.25) is 0 Å². The summed E-state index contributed by atoms with van der Waals surface area (Å²) in [5, 5.41) is 18.5. The van der Waals surface area contributed by atoms with Gasteiger partial charge in [-0.3, -0.25) is 9.89 Å². The molecule has 1 saturated heterocycles. The van der Waals surface area contributed by atoms with E-state index in [0.717, 1.165) is 65.9 Å². The lowest BCUT2D eigenvalue weighted by atomic mass is 10.0. The Kier molecular flexibility index (Phi) is 7.45. The molecule has 0 amide bonds. The molecule has 1 aliphatic heterocycles. The van der Waals surface area contributed by atoms with Crippen LogP contribution in [0.4, 0.5) is 19.0 Å². The van der Waals surface area contributed by atoms with E-state index in [-0.39, 0.29) is 0 Å². The van der Waals surface area contributed by atoms with Gasteiger partial charge in [0.25, 0.3) is 0 Å². The number of alkyl halides is 3. The molecule has 2 aromatic carbocycles. The fourth-order valence-electron chi connectivity index (χ4n) is 4.66. The smallest absolute Gasteiger partial charge is 0.354 e. The van der Waals surface area contributed by atoms with Crippen LogP contribution >= 0.6 is 0 Å². The van der Waals surface area contributed by atoms with E-state index in [0.29, 0.717) is 24.7 Å². The summed E-state index contributed by atoms with van der Waals surface area (Å²) >= 11 is 0.